The predicted octanol–water partition coefficient (Wildman–Crippen LogP) is 0.736. The van der Waals surface area contributed by atoms with Crippen molar-refractivity contribution in [3.63, 3.8) is 0 Å². The lowest BCUT2D eigenvalue weighted by atomic mass is 9.65. The van der Waals surface area contributed by atoms with Crippen LogP contribution in [0, 0.1) is 17.3 Å². The van der Waals surface area contributed by atoms with E-state index in [2.05, 4.69) is 5.32 Å². The van der Waals surface area contributed by atoms with E-state index in [0.29, 0.717) is 13.1 Å². The molecule has 5 heteroatoms. The lowest BCUT2D eigenvalue weighted by Gasteiger charge is -2.43. The number of piperazine rings is 1. The summed E-state index contributed by atoms with van der Waals surface area (Å²) >= 11 is 0. The SMILES string of the molecule is CC(C)C(C(N)=O)(C(=O)N1CCNCC1)C1CCCC1. The van der Waals surface area contributed by atoms with E-state index in [1.165, 1.54) is 0 Å². The Morgan fingerprint density at radius 2 is 1.75 bits per heavy atom. The van der Waals surface area contributed by atoms with Crippen LogP contribution in [0.2, 0.25) is 0 Å². The molecule has 2 fully saturated rings. The van der Waals surface area contributed by atoms with E-state index in [4.69, 9.17) is 5.73 Å². The van der Waals surface area contributed by atoms with E-state index in [1.54, 1.807) is 0 Å². The molecule has 2 rings (SSSR count). The molecule has 1 unspecified atom stereocenters. The molecule has 0 spiro atoms. The zero-order valence-corrected chi connectivity index (χ0v) is 12.7. The van der Waals surface area contributed by atoms with Crippen LogP contribution in [-0.4, -0.2) is 42.9 Å². The van der Waals surface area contributed by atoms with Crippen LogP contribution in [0.5, 0.6) is 0 Å². The topological polar surface area (TPSA) is 75.4 Å². The Morgan fingerprint density at radius 3 is 2.20 bits per heavy atom. The number of nitrogens with zero attached hydrogens (tertiary/aromatic N) is 1. The third kappa shape index (κ3) is 2.43. The molecule has 5 nitrogen and oxygen atoms in total. The van der Waals surface area contributed by atoms with Crippen molar-refractivity contribution < 1.29 is 9.59 Å². The quantitative estimate of drug-likeness (QED) is 0.746. The zero-order valence-electron chi connectivity index (χ0n) is 12.7. The highest BCUT2D eigenvalue weighted by Crippen LogP contribution is 2.46. The molecule has 0 aromatic heterocycles. The highest BCUT2D eigenvalue weighted by Gasteiger charge is 2.55. The van der Waals surface area contributed by atoms with E-state index in [9.17, 15) is 9.59 Å². The summed E-state index contributed by atoms with van der Waals surface area (Å²) < 4.78 is 0. The molecule has 0 aromatic carbocycles. The van der Waals surface area contributed by atoms with Crippen molar-refractivity contribution in [2.24, 2.45) is 23.0 Å². The summed E-state index contributed by atoms with van der Waals surface area (Å²) in [6.45, 7) is 6.86. The number of hydrogen-bond acceptors (Lipinski definition) is 3. The van der Waals surface area contributed by atoms with Crippen LogP contribution in [0.1, 0.15) is 39.5 Å². The van der Waals surface area contributed by atoms with Crippen molar-refractivity contribution in [3.8, 4) is 0 Å². The van der Waals surface area contributed by atoms with Gasteiger partial charge in [-0.2, -0.15) is 0 Å². The summed E-state index contributed by atoms with van der Waals surface area (Å²) in [5.74, 6) is -0.399. The summed E-state index contributed by atoms with van der Waals surface area (Å²) in [5.41, 5.74) is 4.75. The summed E-state index contributed by atoms with van der Waals surface area (Å²) in [7, 11) is 0. The average molecular weight is 281 g/mol. The Kier molecular flexibility index (Phi) is 4.68. The molecule has 1 aliphatic heterocycles. The molecule has 0 bridgehead atoms. The van der Waals surface area contributed by atoms with Crippen molar-refractivity contribution >= 4 is 11.8 Å². The van der Waals surface area contributed by atoms with E-state index in [1.807, 2.05) is 18.7 Å². The Labute approximate surface area is 121 Å². The minimum atomic E-state index is -1.01. The van der Waals surface area contributed by atoms with Gasteiger partial charge < -0.3 is 16.0 Å². The second kappa shape index (κ2) is 6.12. The Hall–Kier alpha value is -1.10. The van der Waals surface area contributed by atoms with Crippen LogP contribution in [0.25, 0.3) is 0 Å². The molecule has 1 saturated heterocycles. The van der Waals surface area contributed by atoms with Gasteiger partial charge in [0.15, 0.2) is 0 Å². The van der Waals surface area contributed by atoms with Gasteiger partial charge in [-0.25, -0.2) is 0 Å². The van der Waals surface area contributed by atoms with Crippen molar-refractivity contribution in [1.29, 1.82) is 0 Å². The molecule has 1 heterocycles. The highest BCUT2D eigenvalue weighted by molar-refractivity contribution is 6.05. The molecule has 2 amide bonds. The first kappa shape index (κ1) is 15.3. The molecule has 20 heavy (non-hydrogen) atoms. The normalized spacial score (nSPS) is 23.9. The number of rotatable bonds is 4. The maximum absolute atomic E-state index is 13.1. The van der Waals surface area contributed by atoms with Gasteiger partial charge in [-0.05, 0) is 24.7 Å². The van der Waals surface area contributed by atoms with Gasteiger partial charge in [-0.3, -0.25) is 9.59 Å². The van der Waals surface area contributed by atoms with Crippen LogP contribution >= 0.6 is 0 Å². The van der Waals surface area contributed by atoms with Crippen LogP contribution in [-0.2, 0) is 9.59 Å². The number of hydrogen-bond donors (Lipinski definition) is 2. The lowest BCUT2D eigenvalue weighted by molar-refractivity contribution is -0.158. The maximum atomic E-state index is 13.1. The third-order valence-electron chi connectivity index (χ3n) is 5.08. The number of amides is 2. The largest absolute Gasteiger partial charge is 0.369 e. The van der Waals surface area contributed by atoms with Crippen LogP contribution in [0.3, 0.4) is 0 Å². The first-order valence-corrected chi connectivity index (χ1v) is 7.81. The van der Waals surface area contributed by atoms with E-state index in [0.717, 1.165) is 38.8 Å². The molecule has 1 aliphatic carbocycles. The number of carbonyl (C=O) groups is 2. The van der Waals surface area contributed by atoms with Crippen LogP contribution < -0.4 is 11.1 Å². The van der Waals surface area contributed by atoms with Gasteiger partial charge in [0.1, 0.15) is 5.41 Å². The first-order chi connectivity index (χ1) is 9.51. The number of primary amides is 1. The van der Waals surface area contributed by atoms with Gasteiger partial charge in [0.2, 0.25) is 11.8 Å². The van der Waals surface area contributed by atoms with Crippen molar-refractivity contribution in [1.82, 2.24) is 10.2 Å². The molecule has 114 valence electrons. The minimum Gasteiger partial charge on any atom is -0.369 e. The second-order valence-corrected chi connectivity index (χ2v) is 6.41. The summed E-state index contributed by atoms with van der Waals surface area (Å²) in [5, 5.41) is 3.24. The fourth-order valence-electron chi connectivity index (χ4n) is 3.99. The Bertz CT molecular complexity index is 371. The van der Waals surface area contributed by atoms with Gasteiger partial charge in [-0.15, -0.1) is 0 Å². The second-order valence-electron chi connectivity index (χ2n) is 6.41. The van der Waals surface area contributed by atoms with Gasteiger partial charge in [0.25, 0.3) is 0 Å². The van der Waals surface area contributed by atoms with Gasteiger partial charge >= 0.3 is 0 Å². The molecular formula is C15H27N3O2. The summed E-state index contributed by atoms with van der Waals surface area (Å²) in [6, 6.07) is 0. The molecule has 2 aliphatic rings. The van der Waals surface area contributed by atoms with Gasteiger partial charge in [0.05, 0.1) is 0 Å². The summed E-state index contributed by atoms with van der Waals surface area (Å²) in [6.07, 6.45) is 4.08. The fraction of sp³-hybridized carbons (Fsp3) is 0.867. The molecular weight excluding hydrogens is 254 g/mol. The monoisotopic (exact) mass is 281 g/mol. The smallest absolute Gasteiger partial charge is 0.238 e. The Morgan fingerprint density at radius 1 is 1.20 bits per heavy atom. The van der Waals surface area contributed by atoms with Crippen molar-refractivity contribution in [3.05, 3.63) is 0 Å². The number of carbonyl (C=O) groups excluding carboxylic acids is 2. The standard InChI is InChI=1S/C15H27N3O2/c1-11(2)15(13(16)19,12-5-3-4-6-12)14(20)18-9-7-17-8-10-18/h11-12,17H,3-10H2,1-2H3,(H2,16,19). The van der Waals surface area contributed by atoms with E-state index >= 15 is 0 Å². The van der Waals surface area contributed by atoms with Crippen molar-refractivity contribution in [2.75, 3.05) is 26.2 Å². The minimum absolute atomic E-state index is 0.0339. The average Bonchev–Trinajstić information content (AvgIpc) is 2.94. The highest BCUT2D eigenvalue weighted by atomic mass is 16.2. The van der Waals surface area contributed by atoms with Crippen LogP contribution in [0.15, 0.2) is 0 Å². The number of nitrogens with one attached hydrogen (secondary N) is 1. The fourth-order valence-corrected chi connectivity index (χ4v) is 3.99. The van der Waals surface area contributed by atoms with E-state index in [-0.39, 0.29) is 17.7 Å². The Balaban J connectivity index is 2.33. The molecule has 3 N–H and O–H groups in total. The molecule has 0 aromatic rings. The summed E-state index contributed by atoms with van der Waals surface area (Å²) in [4.78, 5) is 27.2. The van der Waals surface area contributed by atoms with Crippen molar-refractivity contribution in [2.45, 2.75) is 39.5 Å². The predicted molar refractivity (Wildman–Crippen MR) is 77.9 cm³/mol. The molecule has 0 radical (unpaired) electrons. The molecule has 1 atom stereocenters. The van der Waals surface area contributed by atoms with Gasteiger partial charge in [0, 0.05) is 26.2 Å². The maximum Gasteiger partial charge on any atom is 0.238 e. The van der Waals surface area contributed by atoms with Gasteiger partial charge in [-0.1, -0.05) is 26.7 Å². The lowest BCUT2D eigenvalue weighted by Crippen LogP contribution is -2.60. The third-order valence-corrected chi connectivity index (χ3v) is 5.08. The first-order valence-electron chi connectivity index (χ1n) is 7.81. The number of nitrogens with two attached hydrogens (primary N) is 1. The van der Waals surface area contributed by atoms with E-state index < -0.39 is 11.3 Å². The molecule has 1 saturated carbocycles. The van der Waals surface area contributed by atoms with Crippen LogP contribution in [0.4, 0.5) is 0 Å². The zero-order chi connectivity index (χ0) is 14.8.